The standard InChI is InChI=1S/C6H12BrO5P/c1-3-10-5(7)6(11-4-2)12-13(8)9/h13H,3-4H2,1-2H3,(H,8,9). The predicted octanol–water partition coefficient (Wildman–Crippen LogP) is 1.98. The van der Waals surface area contributed by atoms with E-state index in [2.05, 4.69) is 20.5 Å². The number of hydrogen-bond acceptors (Lipinski definition) is 4. The predicted molar refractivity (Wildman–Crippen MR) is 51.5 cm³/mol. The molecule has 0 aromatic rings. The van der Waals surface area contributed by atoms with Gasteiger partial charge >= 0.3 is 14.2 Å². The molecule has 0 fully saturated rings. The summed E-state index contributed by atoms with van der Waals surface area (Å²) in [7, 11) is -3.06. The average Bonchev–Trinajstić information content (AvgIpc) is 2.03. The van der Waals surface area contributed by atoms with Gasteiger partial charge in [0.05, 0.1) is 13.2 Å². The minimum atomic E-state index is -3.06. The van der Waals surface area contributed by atoms with E-state index in [0.29, 0.717) is 13.2 Å². The first-order chi connectivity index (χ1) is 6.11. The van der Waals surface area contributed by atoms with Gasteiger partial charge in [0.15, 0.2) is 0 Å². The van der Waals surface area contributed by atoms with E-state index >= 15 is 0 Å². The molecule has 0 saturated carbocycles. The lowest BCUT2D eigenvalue weighted by Gasteiger charge is -2.10. The minimum Gasteiger partial charge on any atom is -0.482 e. The molecule has 0 aliphatic heterocycles. The van der Waals surface area contributed by atoms with Gasteiger partial charge in [-0.15, -0.1) is 0 Å². The number of hydrogen-bond donors (Lipinski definition) is 1. The van der Waals surface area contributed by atoms with E-state index in [1.54, 1.807) is 13.8 Å². The Morgan fingerprint density at radius 3 is 2.31 bits per heavy atom. The maximum atomic E-state index is 10.4. The van der Waals surface area contributed by atoms with Gasteiger partial charge in [0.2, 0.25) is 4.67 Å². The van der Waals surface area contributed by atoms with Crippen molar-refractivity contribution in [3.63, 3.8) is 0 Å². The molecule has 7 heteroatoms. The lowest BCUT2D eigenvalue weighted by Crippen LogP contribution is -1.98. The van der Waals surface area contributed by atoms with Gasteiger partial charge in [-0.1, -0.05) is 0 Å². The Bertz CT molecular complexity index is 205. The molecule has 0 aliphatic carbocycles. The highest BCUT2D eigenvalue weighted by Crippen LogP contribution is 2.26. The molecule has 13 heavy (non-hydrogen) atoms. The zero-order valence-electron chi connectivity index (χ0n) is 7.37. The highest BCUT2D eigenvalue weighted by molar-refractivity contribution is 9.11. The highest BCUT2D eigenvalue weighted by atomic mass is 79.9. The number of rotatable bonds is 6. The summed E-state index contributed by atoms with van der Waals surface area (Å²) in [6, 6.07) is 0. The van der Waals surface area contributed by atoms with Crippen molar-refractivity contribution in [3.8, 4) is 0 Å². The fraction of sp³-hybridized carbons (Fsp3) is 0.667. The third kappa shape index (κ3) is 5.96. The third-order valence-electron chi connectivity index (χ3n) is 0.887. The molecule has 0 aromatic heterocycles. The zero-order valence-corrected chi connectivity index (χ0v) is 9.96. The lowest BCUT2D eigenvalue weighted by atomic mass is 10.8. The summed E-state index contributed by atoms with van der Waals surface area (Å²) >= 11 is 3.01. The van der Waals surface area contributed by atoms with Crippen molar-refractivity contribution < 1.29 is 23.5 Å². The topological polar surface area (TPSA) is 65.0 Å². The van der Waals surface area contributed by atoms with Gasteiger partial charge in [-0.3, -0.25) is 0 Å². The van der Waals surface area contributed by atoms with E-state index in [0.717, 1.165) is 0 Å². The Hall–Kier alpha value is -0.190. The van der Waals surface area contributed by atoms with Crippen LogP contribution in [0, 0.1) is 0 Å². The molecular weight excluding hydrogens is 263 g/mol. The van der Waals surface area contributed by atoms with Crippen LogP contribution in [-0.4, -0.2) is 18.1 Å². The summed E-state index contributed by atoms with van der Waals surface area (Å²) < 4.78 is 24.9. The first-order valence-corrected chi connectivity index (χ1v) is 5.73. The Balaban J connectivity index is 4.35. The van der Waals surface area contributed by atoms with Gasteiger partial charge in [-0.2, -0.15) is 0 Å². The van der Waals surface area contributed by atoms with Crippen molar-refractivity contribution >= 4 is 24.2 Å². The fourth-order valence-electron chi connectivity index (χ4n) is 0.522. The van der Waals surface area contributed by atoms with Crippen molar-refractivity contribution in [2.24, 2.45) is 0 Å². The second kappa shape index (κ2) is 7.24. The van der Waals surface area contributed by atoms with Crippen LogP contribution in [0.15, 0.2) is 10.6 Å². The summed E-state index contributed by atoms with van der Waals surface area (Å²) in [6.07, 6.45) is 0. The molecule has 5 nitrogen and oxygen atoms in total. The fourth-order valence-corrected chi connectivity index (χ4v) is 1.41. The summed E-state index contributed by atoms with van der Waals surface area (Å²) in [6.45, 7) is 4.23. The van der Waals surface area contributed by atoms with E-state index in [4.69, 9.17) is 14.4 Å². The first-order valence-electron chi connectivity index (χ1n) is 3.67. The molecule has 0 amide bonds. The molecule has 0 saturated heterocycles. The van der Waals surface area contributed by atoms with Crippen LogP contribution in [0.4, 0.5) is 0 Å². The van der Waals surface area contributed by atoms with Gasteiger partial charge in [0.25, 0.3) is 0 Å². The Morgan fingerprint density at radius 1 is 1.38 bits per heavy atom. The van der Waals surface area contributed by atoms with Gasteiger partial charge in [0, 0.05) is 0 Å². The third-order valence-corrected chi connectivity index (χ3v) is 1.80. The number of halogens is 1. The van der Waals surface area contributed by atoms with Gasteiger partial charge in [-0.05, 0) is 29.8 Å². The van der Waals surface area contributed by atoms with Crippen LogP contribution in [-0.2, 0) is 18.6 Å². The molecule has 1 unspecified atom stereocenters. The van der Waals surface area contributed by atoms with Crippen molar-refractivity contribution in [3.05, 3.63) is 10.6 Å². The molecule has 0 aliphatic rings. The van der Waals surface area contributed by atoms with Crippen molar-refractivity contribution in [2.45, 2.75) is 13.8 Å². The maximum absolute atomic E-state index is 10.4. The van der Waals surface area contributed by atoms with Crippen LogP contribution >= 0.6 is 24.2 Å². The van der Waals surface area contributed by atoms with Crippen LogP contribution in [0.25, 0.3) is 0 Å². The van der Waals surface area contributed by atoms with Crippen LogP contribution in [0.1, 0.15) is 13.8 Å². The SMILES string of the molecule is CCOC(Br)=C(OCC)O[PH](=O)O. The summed E-state index contributed by atoms with van der Waals surface area (Å²) in [5, 5.41) is 0. The summed E-state index contributed by atoms with van der Waals surface area (Å²) in [4.78, 5) is 8.50. The molecule has 0 bridgehead atoms. The van der Waals surface area contributed by atoms with Crippen molar-refractivity contribution in [2.75, 3.05) is 13.2 Å². The zero-order chi connectivity index (χ0) is 10.3. The Morgan fingerprint density at radius 2 is 1.92 bits per heavy atom. The van der Waals surface area contributed by atoms with Crippen molar-refractivity contribution in [1.82, 2.24) is 0 Å². The Labute approximate surface area is 85.8 Å². The average molecular weight is 275 g/mol. The van der Waals surface area contributed by atoms with Gasteiger partial charge in [-0.25, -0.2) is 4.57 Å². The molecule has 0 radical (unpaired) electrons. The van der Waals surface area contributed by atoms with E-state index in [9.17, 15) is 4.57 Å². The molecule has 0 heterocycles. The highest BCUT2D eigenvalue weighted by Gasteiger charge is 2.10. The van der Waals surface area contributed by atoms with Crippen LogP contribution in [0.3, 0.4) is 0 Å². The van der Waals surface area contributed by atoms with Crippen LogP contribution < -0.4 is 0 Å². The lowest BCUT2D eigenvalue weighted by molar-refractivity contribution is 0.0895. The Kier molecular flexibility index (Phi) is 7.13. The smallest absolute Gasteiger partial charge is 0.367 e. The van der Waals surface area contributed by atoms with Gasteiger partial charge in [0.1, 0.15) is 0 Å². The molecule has 1 N–H and O–H groups in total. The van der Waals surface area contributed by atoms with E-state index in [1.165, 1.54) is 0 Å². The second-order valence-electron chi connectivity index (χ2n) is 1.80. The molecule has 0 spiro atoms. The van der Waals surface area contributed by atoms with E-state index in [-0.39, 0.29) is 10.6 Å². The molecule has 0 rings (SSSR count). The molecule has 78 valence electrons. The quantitative estimate of drug-likeness (QED) is 0.593. The first kappa shape index (κ1) is 12.8. The molecule has 1 atom stereocenters. The summed E-state index contributed by atoms with van der Waals surface area (Å²) in [5.74, 6) is -0.101. The second-order valence-corrected chi connectivity index (χ2v) is 3.25. The number of ether oxygens (including phenoxy) is 2. The van der Waals surface area contributed by atoms with E-state index < -0.39 is 8.25 Å². The van der Waals surface area contributed by atoms with Crippen LogP contribution in [0.5, 0.6) is 0 Å². The molecule has 0 aromatic carbocycles. The van der Waals surface area contributed by atoms with Crippen LogP contribution in [0.2, 0.25) is 0 Å². The largest absolute Gasteiger partial charge is 0.482 e. The van der Waals surface area contributed by atoms with Crippen molar-refractivity contribution in [1.29, 1.82) is 0 Å². The summed E-state index contributed by atoms with van der Waals surface area (Å²) in [5.41, 5.74) is 0. The van der Waals surface area contributed by atoms with Gasteiger partial charge < -0.3 is 18.9 Å². The normalized spacial score (nSPS) is 14.5. The van der Waals surface area contributed by atoms with E-state index in [1.807, 2.05) is 0 Å². The monoisotopic (exact) mass is 274 g/mol. The maximum Gasteiger partial charge on any atom is 0.367 e. The minimum absolute atomic E-state index is 0.101. The molecular formula is C6H12BrO5P.